The van der Waals surface area contributed by atoms with E-state index in [4.69, 9.17) is 4.74 Å². The number of nitrogens with zero attached hydrogens (tertiary/aromatic N) is 1. The zero-order chi connectivity index (χ0) is 16.1. The van der Waals surface area contributed by atoms with Gasteiger partial charge >= 0.3 is 6.18 Å². The number of piperidine rings is 1. The fourth-order valence-corrected chi connectivity index (χ4v) is 3.92. The minimum Gasteiger partial charge on any atom is -0.496 e. The number of ether oxygens (including phenoxy) is 1. The van der Waals surface area contributed by atoms with Gasteiger partial charge in [-0.25, -0.2) is 0 Å². The molecule has 1 aromatic carbocycles. The van der Waals surface area contributed by atoms with Crippen molar-refractivity contribution in [1.82, 2.24) is 4.90 Å². The van der Waals surface area contributed by atoms with Crippen LogP contribution < -0.4 is 4.74 Å². The number of hydrogen-bond donors (Lipinski definition) is 1. The van der Waals surface area contributed by atoms with Gasteiger partial charge in [-0.05, 0) is 44.9 Å². The number of hydrogen-bond acceptors (Lipinski definition) is 3. The smallest absolute Gasteiger partial charge is 0.416 e. The van der Waals surface area contributed by atoms with Crippen LogP contribution in [-0.4, -0.2) is 36.2 Å². The number of methoxy groups -OCH3 is 1. The third-order valence-electron chi connectivity index (χ3n) is 5.16. The van der Waals surface area contributed by atoms with E-state index in [1.807, 2.05) is 7.05 Å². The highest BCUT2D eigenvalue weighted by Crippen LogP contribution is 2.48. The molecule has 122 valence electrons. The minimum absolute atomic E-state index is 0.112. The molecule has 0 aromatic heterocycles. The zero-order valence-corrected chi connectivity index (χ0v) is 12.7. The summed E-state index contributed by atoms with van der Waals surface area (Å²) in [5, 5.41) is 11.1. The van der Waals surface area contributed by atoms with E-state index in [9.17, 15) is 18.3 Å². The van der Waals surface area contributed by atoms with Crippen molar-refractivity contribution in [3.8, 4) is 5.75 Å². The Balaban J connectivity index is 1.98. The van der Waals surface area contributed by atoms with E-state index < -0.39 is 17.3 Å². The molecule has 2 fully saturated rings. The van der Waals surface area contributed by atoms with Crippen LogP contribution in [0.25, 0.3) is 0 Å². The van der Waals surface area contributed by atoms with Crippen molar-refractivity contribution in [3.63, 3.8) is 0 Å². The lowest BCUT2D eigenvalue weighted by molar-refractivity contribution is -0.137. The molecule has 2 bridgehead atoms. The van der Waals surface area contributed by atoms with Crippen LogP contribution in [0.1, 0.15) is 36.8 Å². The third kappa shape index (κ3) is 2.48. The average Bonchev–Trinajstić information content (AvgIpc) is 2.69. The van der Waals surface area contributed by atoms with E-state index in [0.717, 1.165) is 25.0 Å². The number of alkyl halides is 3. The Kier molecular flexibility index (Phi) is 3.64. The molecule has 2 saturated heterocycles. The van der Waals surface area contributed by atoms with E-state index in [1.54, 1.807) is 0 Å². The molecule has 2 aliphatic heterocycles. The molecule has 2 heterocycles. The van der Waals surface area contributed by atoms with Gasteiger partial charge in [-0.1, -0.05) is 6.07 Å². The highest BCUT2D eigenvalue weighted by molar-refractivity contribution is 5.43. The fraction of sp³-hybridized carbons (Fsp3) is 0.625. The predicted molar refractivity (Wildman–Crippen MR) is 75.7 cm³/mol. The third-order valence-corrected chi connectivity index (χ3v) is 5.16. The SMILES string of the molecule is COc1cc(C(F)(F)F)ccc1C1(O)CC2CCC(C1)N2C. The summed E-state index contributed by atoms with van der Waals surface area (Å²) in [5.74, 6) is 0.112. The van der Waals surface area contributed by atoms with Crippen molar-refractivity contribution in [2.45, 2.75) is 49.5 Å². The number of halogens is 3. The molecule has 6 heteroatoms. The zero-order valence-electron chi connectivity index (χ0n) is 12.7. The van der Waals surface area contributed by atoms with Crippen LogP contribution in [0.2, 0.25) is 0 Å². The van der Waals surface area contributed by atoms with Crippen molar-refractivity contribution in [3.05, 3.63) is 29.3 Å². The highest BCUT2D eigenvalue weighted by atomic mass is 19.4. The van der Waals surface area contributed by atoms with E-state index in [0.29, 0.717) is 18.4 Å². The summed E-state index contributed by atoms with van der Waals surface area (Å²) >= 11 is 0. The molecule has 0 radical (unpaired) electrons. The van der Waals surface area contributed by atoms with Gasteiger partial charge < -0.3 is 14.7 Å². The predicted octanol–water partition coefficient (Wildman–Crippen LogP) is 3.16. The van der Waals surface area contributed by atoms with Crippen LogP contribution in [0, 0.1) is 0 Å². The Hall–Kier alpha value is -1.27. The summed E-state index contributed by atoms with van der Waals surface area (Å²) in [6.07, 6.45) is -1.32. The Morgan fingerprint density at radius 2 is 1.82 bits per heavy atom. The summed E-state index contributed by atoms with van der Waals surface area (Å²) < 4.78 is 43.6. The maximum Gasteiger partial charge on any atom is 0.416 e. The van der Waals surface area contributed by atoms with Crippen LogP contribution in [0.15, 0.2) is 18.2 Å². The fourth-order valence-electron chi connectivity index (χ4n) is 3.92. The van der Waals surface area contributed by atoms with Crippen LogP contribution in [-0.2, 0) is 11.8 Å². The minimum atomic E-state index is -4.42. The van der Waals surface area contributed by atoms with Gasteiger partial charge in [0.15, 0.2) is 0 Å². The maximum absolute atomic E-state index is 12.8. The molecular formula is C16H20F3NO2. The van der Waals surface area contributed by atoms with Crippen molar-refractivity contribution in [2.24, 2.45) is 0 Å². The van der Waals surface area contributed by atoms with Gasteiger partial charge in [0.2, 0.25) is 0 Å². The molecule has 3 nitrogen and oxygen atoms in total. The van der Waals surface area contributed by atoms with Gasteiger partial charge in [0.25, 0.3) is 0 Å². The molecule has 22 heavy (non-hydrogen) atoms. The molecule has 2 unspecified atom stereocenters. The first-order valence-electron chi connectivity index (χ1n) is 7.44. The van der Waals surface area contributed by atoms with Crippen molar-refractivity contribution in [2.75, 3.05) is 14.2 Å². The Bertz CT molecular complexity index is 559. The first-order valence-corrected chi connectivity index (χ1v) is 7.44. The van der Waals surface area contributed by atoms with Crippen molar-refractivity contribution >= 4 is 0 Å². The number of benzene rings is 1. The van der Waals surface area contributed by atoms with E-state index in [1.165, 1.54) is 13.2 Å². The molecule has 1 N–H and O–H groups in total. The summed E-state index contributed by atoms with van der Waals surface area (Å²) in [7, 11) is 3.39. The molecular weight excluding hydrogens is 295 g/mol. The van der Waals surface area contributed by atoms with Crippen molar-refractivity contribution < 1.29 is 23.0 Å². The Morgan fingerprint density at radius 1 is 1.23 bits per heavy atom. The van der Waals surface area contributed by atoms with Gasteiger partial charge in [-0.2, -0.15) is 13.2 Å². The molecule has 0 spiro atoms. The first kappa shape index (κ1) is 15.6. The summed E-state index contributed by atoms with van der Waals surface area (Å²) in [4.78, 5) is 2.27. The second-order valence-electron chi connectivity index (χ2n) is 6.40. The topological polar surface area (TPSA) is 32.7 Å². The second-order valence-corrected chi connectivity index (χ2v) is 6.40. The maximum atomic E-state index is 12.8. The largest absolute Gasteiger partial charge is 0.496 e. The molecule has 3 rings (SSSR count). The number of fused-ring (bicyclic) bond motifs is 2. The summed E-state index contributed by atoms with van der Waals surface area (Å²) in [6.45, 7) is 0. The van der Waals surface area contributed by atoms with Gasteiger partial charge in [-0.15, -0.1) is 0 Å². The lowest BCUT2D eigenvalue weighted by Crippen LogP contribution is -2.47. The number of aliphatic hydroxyl groups is 1. The standard InChI is InChI=1S/C16H20F3NO2/c1-20-11-4-5-12(20)9-15(21,8-11)13-6-3-10(16(17,18)19)7-14(13)22-2/h3,6-7,11-12,21H,4-5,8-9H2,1-2H3. The van der Waals surface area contributed by atoms with E-state index in [-0.39, 0.29) is 17.8 Å². The van der Waals surface area contributed by atoms with Gasteiger partial charge in [-0.3, -0.25) is 0 Å². The van der Waals surface area contributed by atoms with Gasteiger partial charge in [0.1, 0.15) is 5.75 Å². The molecule has 1 aromatic rings. The molecule has 0 saturated carbocycles. The Morgan fingerprint density at radius 3 is 2.32 bits per heavy atom. The quantitative estimate of drug-likeness (QED) is 0.910. The van der Waals surface area contributed by atoms with Crippen LogP contribution >= 0.6 is 0 Å². The molecule has 2 atom stereocenters. The van der Waals surface area contributed by atoms with Crippen LogP contribution in [0.4, 0.5) is 13.2 Å². The summed E-state index contributed by atoms with van der Waals surface area (Å²) in [5.41, 5.74) is -1.41. The lowest BCUT2D eigenvalue weighted by Gasteiger charge is -2.42. The lowest BCUT2D eigenvalue weighted by atomic mass is 9.80. The Labute approximate surface area is 127 Å². The van der Waals surface area contributed by atoms with E-state index >= 15 is 0 Å². The first-order chi connectivity index (χ1) is 10.2. The second kappa shape index (κ2) is 5.13. The molecule has 2 aliphatic rings. The van der Waals surface area contributed by atoms with Gasteiger partial charge in [0.05, 0.1) is 18.3 Å². The normalized spacial score (nSPS) is 32.3. The van der Waals surface area contributed by atoms with Crippen LogP contribution in [0.5, 0.6) is 5.75 Å². The monoisotopic (exact) mass is 315 g/mol. The van der Waals surface area contributed by atoms with Crippen LogP contribution in [0.3, 0.4) is 0 Å². The average molecular weight is 315 g/mol. The molecule has 0 aliphatic carbocycles. The summed E-state index contributed by atoms with van der Waals surface area (Å²) in [6, 6.07) is 3.92. The van der Waals surface area contributed by atoms with Gasteiger partial charge in [0, 0.05) is 17.6 Å². The van der Waals surface area contributed by atoms with Crippen molar-refractivity contribution in [1.29, 1.82) is 0 Å². The molecule has 0 amide bonds. The van der Waals surface area contributed by atoms with E-state index in [2.05, 4.69) is 4.90 Å². The number of rotatable bonds is 2. The highest BCUT2D eigenvalue weighted by Gasteiger charge is 2.48.